The first-order chi connectivity index (χ1) is 11.5. The number of benzene rings is 1. The number of thiocarbonyl (C=S) groups is 1. The molecule has 0 spiro atoms. The van der Waals surface area contributed by atoms with Crippen molar-refractivity contribution >= 4 is 69.3 Å². The predicted molar refractivity (Wildman–Crippen MR) is 104 cm³/mol. The van der Waals surface area contributed by atoms with Crippen molar-refractivity contribution in [3.8, 4) is 0 Å². The van der Waals surface area contributed by atoms with Gasteiger partial charge < -0.3 is 5.32 Å². The second-order valence-corrected chi connectivity index (χ2v) is 7.34. The van der Waals surface area contributed by atoms with Crippen molar-refractivity contribution in [2.75, 3.05) is 12.0 Å². The lowest BCUT2D eigenvalue weighted by atomic mass is 10.2. The number of pyridine rings is 1. The molecule has 1 fully saturated rings. The van der Waals surface area contributed by atoms with Crippen molar-refractivity contribution in [2.45, 2.75) is 0 Å². The molecule has 1 saturated heterocycles. The third-order valence-corrected chi connectivity index (χ3v) is 5.15. The monoisotopic (exact) mass is 395 g/mol. The zero-order valence-electron chi connectivity index (χ0n) is 12.2. The van der Waals surface area contributed by atoms with Gasteiger partial charge in [0.15, 0.2) is 0 Å². The molecule has 0 bridgehead atoms. The van der Waals surface area contributed by atoms with Crippen LogP contribution in [0.25, 0.3) is 6.08 Å². The van der Waals surface area contributed by atoms with Crippen LogP contribution in [-0.2, 0) is 4.79 Å². The largest absolute Gasteiger partial charge is 0.352 e. The van der Waals surface area contributed by atoms with Gasteiger partial charge in [-0.2, -0.15) is 0 Å². The summed E-state index contributed by atoms with van der Waals surface area (Å²) < 4.78 is 0.486. The molecule has 0 radical (unpaired) electrons. The first-order valence-electron chi connectivity index (χ1n) is 6.90. The number of nitrogens with one attached hydrogen (secondary N) is 1. The maximum absolute atomic E-state index is 12.5. The van der Waals surface area contributed by atoms with E-state index in [1.807, 2.05) is 18.2 Å². The molecule has 0 saturated carbocycles. The molecule has 0 unspecified atom stereocenters. The van der Waals surface area contributed by atoms with Gasteiger partial charge in [-0.25, -0.2) is 4.98 Å². The lowest BCUT2D eigenvalue weighted by Gasteiger charge is -2.15. The molecule has 2 heterocycles. The van der Waals surface area contributed by atoms with Crippen LogP contribution >= 0.6 is 47.2 Å². The van der Waals surface area contributed by atoms with Crippen LogP contribution in [0.3, 0.4) is 0 Å². The zero-order valence-corrected chi connectivity index (χ0v) is 15.3. The van der Waals surface area contributed by atoms with Gasteiger partial charge in [-0.1, -0.05) is 59.3 Å². The first-order valence-corrected chi connectivity index (χ1v) is 8.88. The molecule has 0 aliphatic carbocycles. The van der Waals surface area contributed by atoms with E-state index in [1.54, 1.807) is 30.5 Å². The molecule has 1 aliphatic heterocycles. The summed E-state index contributed by atoms with van der Waals surface area (Å²) in [6.45, 7) is 0.257. The van der Waals surface area contributed by atoms with Crippen LogP contribution in [0.15, 0.2) is 47.5 Å². The summed E-state index contributed by atoms with van der Waals surface area (Å²) in [6.07, 6.45) is 3.40. The van der Waals surface area contributed by atoms with Crippen molar-refractivity contribution in [1.29, 1.82) is 0 Å². The molecule has 3 rings (SSSR count). The van der Waals surface area contributed by atoms with E-state index >= 15 is 0 Å². The number of carbonyl (C=O) groups excluding carboxylic acids is 1. The van der Waals surface area contributed by atoms with Crippen molar-refractivity contribution in [1.82, 2.24) is 9.88 Å². The van der Waals surface area contributed by atoms with Gasteiger partial charge in [0.2, 0.25) is 0 Å². The van der Waals surface area contributed by atoms with Crippen LogP contribution in [0.1, 0.15) is 5.56 Å². The molecule has 1 aliphatic rings. The quantitative estimate of drug-likeness (QED) is 0.602. The summed E-state index contributed by atoms with van der Waals surface area (Å²) in [4.78, 5) is 18.7. The van der Waals surface area contributed by atoms with E-state index < -0.39 is 0 Å². The Morgan fingerprint density at radius 2 is 2.12 bits per heavy atom. The molecule has 1 aromatic heterocycles. The van der Waals surface area contributed by atoms with E-state index in [4.69, 9.17) is 35.4 Å². The van der Waals surface area contributed by atoms with Crippen molar-refractivity contribution < 1.29 is 4.79 Å². The van der Waals surface area contributed by atoms with Crippen molar-refractivity contribution in [3.63, 3.8) is 0 Å². The number of thioether (sulfide) groups is 1. The predicted octanol–water partition coefficient (Wildman–Crippen LogP) is 4.66. The highest BCUT2D eigenvalue weighted by molar-refractivity contribution is 8.26. The van der Waals surface area contributed by atoms with E-state index in [9.17, 15) is 4.79 Å². The van der Waals surface area contributed by atoms with Crippen LogP contribution in [-0.4, -0.2) is 26.8 Å². The molecule has 1 amide bonds. The minimum atomic E-state index is -0.167. The molecule has 2 aromatic rings. The standard InChI is InChI=1S/C16H11Cl2N3OS2/c17-11-5-4-10(12(18)8-11)7-13-15(22)21(16(23)24-13)9-20-14-3-1-2-6-19-14/h1-8H,9H2,(H,19,20)/b13-7+. The van der Waals surface area contributed by atoms with Gasteiger partial charge >= 0.3 is 0 Å². The summed E-state index contributed by atoms with van der Waals surface area (Å²) >= 11 is 18.6. The summed E-state index contributed by atoms with van der Waals surface area (Å²) in [5.74, 6) is 0.510. The van der Waals surface area contributed by atoms with Crippen molar-refractivity contribution in [3.05, 3.63) is 63.1 Å². The fourth-order valence-corrected chi connectivity index (χ4v) is 3.73. The van der Waals surface area contributed by atoms with Gasteiger partial charge in [-0.15, -0.1) is 0 Å². The Labute approximate surface area is 158 Å². The molecule has 122 valence electrons. The molecular formula is C16H11Cl2N3OS2. The molecule has 4 nitrogen and oxygen atoms in total. The number of aromatic nitrogens is 1. The first kappa shape index (κ1) is 17.2. The number of nitrogens with zero attached hydrogens (tertiary/aromatic N) is 2. The van der Waals surface area contributed by atoms with Gasteiger partial charge in [0.05, 0.1) is 11.6 Å². The van der Waals surface area contributed by atoms with Crippen LogP contribution in [0.2, 0.25) is 10.0 Å². The van der Waals surface area contributed by atoms with Crippen LogP contribution in [0.5, 0.6) is 0 Å². The van der Waals surface area contributed by atoms with Crippen molar-refractivity contribution in [2.24, 2.45) is 0 Å². The minimum absolute atomic E-state index is 0.167. The third kappa shape index (κ3) is 3.89. The average Bonchev–Trinajstić information content (AvgIpc) is 2.83. The molecule has 8 heteroatoms. The van der Waals surface area contributed by atoms with E-state index in [1.165, 1.54) is 16.7 Å². The van der Waals surface area contributed by atoms with E-state index in [-0.39, 0.29) is 12.6 Å². The number of hydrogen-bond donors (Lipinski definition) is 1. The number of rotatable bonds is 4. The topological polar surface area (TPSA) is 45.2 Å². The van der Waals surface area contributed by atoms with Gasteiger partial charge in [0.1, 0.15) is 10.1 Å². The third-order valence-electron chi connectivity index (χ3n) is 3.21. The number of carbonyl (C=O) groups is 1. The van der Waals surface area contributed by atoms with Gasteiger partial charge in [-0.05, 0) is 35.9 Å². The Morgan fingerprint density at radius 1 is 1.29 bits per heavy atom. The normalized spacial score (nSPS) is 16.1. The Kier molecular flexibility index (Phi) is 5.40. The summed E-state index contributed by atoms with van der Waals surface area (Å²) in [5.41, 5.74) is 0.722. The Morgan fingerprint density at radius 3 is 2.83 bits per heavy atom. The molecule has 24 heavy (non-hydrogen) atoms. The van der Waals surface area contributed by atoms with Crippen LogP contribution in [0.4, 0.5) is 5.82 Å². The van der Waals surface area contributed by atoms with E-state index in [0.717, 1.165) is 5.56 Å². The maximum atomic E-state index is 12.5. The summed E-state index contributed by atoms with van der Waals surface area (Å²) in [7, 11) is 0. The summed E-state index contributed by atoms with van der Waals surface area (Å²) in [5, 5.41) is 4.10. The number of hydrogen-bond acceptors (Lipinski definition) is 5. The van der Waals surface area contributed by atoms with Crippen LogP contribution in [0, 0.1) is 0 Å². The second-order valence-electron chi connectivity index (χ2n) is 4.83. The average molecular weight is 396 g/mol. The number of amides is 1. The highest BCUT2D eigenvalue weighted by atomic mass is 35.5. The fourth-order valence-electron chi connectivity index (χ4n) is 2.02. The van der Waals surface area contributed by atoms with E-state index in [0.29, 0.717) is 25.1 Å². The molecular weight excluding hydrogens is 385 g/mol. The highest BCUT2D eigenvalue weighted by Gasteiger charge is 2.31. The van der Waals surface area contributed by atoms with Gasteiger partial charge in [0.25, 0.3) is 5.91 Å². The number of anilines is 1. The maximum Gasteiger partial charge on any atom is 0.267 e. The molecule has 1 aromatic carbocycles. The minimum Gasteiger partial charge on any atom is -0.352 e. The lowest BCUT2D eigenvalue weighted by molar-refractivity contribution is -0.121. The number of halogens is 2. The van der Waals surface area contributed by atoms with Gasteiger partial charge in [-0.3, -0.25) is 9.69 Å². The smallest absolute Gasteiger partial charge is 0.267 e. The Balaban J connectivity index is 1.75. The zero-order chi connectivity index (χ0) is 17.1. The fraction of sp³-hybridized carbons (Fsp3) is 0.0625. The SMILES string of the molecule is O=C1/C(=C\c2ccc(Cl)cc2Cl)SC(=S)N1CNc1ccccn1. The molecule has 0 atom stereocenters. The lowest BCUT2D eigenvalue weighted by Crippen LogP contribution is -2.33. The Bertz CT molecular complexity index is 827. The second kappa shape index (κ2) is 7.53. The van der Waals surface area contributed by atoms with Crippen LogP contribution < -0.4 is 5.32 Å². The Hall–Kier alpha value is -1.60. The van der Waals surface area contributed by atoms with E-state index in [2.05, 4.69) is 10.3 Å². The molecule has 1 N–H and O–H groups in total. The summed E-state index contributed by atoms with van der Waals surface area (Å²) in [6, 6.07) is 10.6. The van der Waals surface area contributed by atoms with Gasteiger partial charge in [0, 0.05) is 16.2 Å². The highest BCUT2D eigenvalue weighted by Crippen LogP contribution is 2.34.